The number of carbonyl (C=O) groups is 1. The molecule has 1 amide bonds. The maximum absolute atomic E-state index is 13.3. The van der Waals surface area contributed by atoms with Crippen LogP contribution in [0.3, 0.4) is 0 Å². The maximum atomic E-state index is 13.3. The Morgan fingerprint density at radius 3 is 2.63 bits per heavy atom. The molecule has 0 aliphatic carbocycles. The van der Waals surface area contributed by atoms with Crippen LogP contribution in [-0.4, -0.2) is 25.8 Å². The Kier molecular flexibility index (Phi) is 4.51. The Labute approximate surface area is 107 Å². The van der Waals surface area contributed by atoms with Gasteiger partial charge >= 0.3 is 5.69 Å². The monoisotopic (exact) mass is 291 g/mol. The molecule has 0 atom stereocenters. The van der Waals surface area contributed by atoms with Gasteiger partial charge in [0.15, 0.2) is 4.90 Å². The van der Waals surface area contributed by atoms with Crippen molar-refractivity contribution in [1.29, 1.82) is 0 Å². The molecule has 0 radical (unpaired) electrons. The zero-order chi connectivity index (χ0) is 14.6. The van der Waals surface area contributed by atoms with Crippen molar-refractivity contribution in [3.63, 3.8) is 0 Å². The Balaban J connectivity index is 3.11. The predicted octanol–water partition coefficient (Wildman–Crippen LogP) is -0.112. The number of nitro benzene ring substituents is 1. The summed E-state index contributed by atoms with van der Waals surface area (Å²) in [5, 5.41) is 10.7. The van der Waals surface area contributed by atoms with Gasteiger partial charge in [0.2, 0.25) is 21.7 Å². The van der Waals surface area contributed by atoms with Crippen LogP contribution in [0.15, 0.2) is 23.1 Å². The number of nitro groups is 1. The molecule has 0 bridgehead atoms. The molecule has 10 heteroatoms. The summed E-state index contributed by atoms with van der Waals surface area (Å²) in [5.41, 5.74) is 3.68. The molecule has 0 fully saturated rings. The first-order valence-electron chi connectivity index (χ1n) is 4.96. The number of hydrogen-bond acceptors (Lipinski definition) is 5. The van der Waals surface area contributed by atoms with Crippen molar-refractivity contribution in [1.82, 2.24) is 4.72 Å². The number of benzene rings is 1. The molecule has 0 saturated carbocycles. The Hall–Kier alpha value is -2.07. The second-order valence-electron chi connectivity index (χ2n) is 3.46. The summed E-state index contributed by atoms with van der Waals surface area (Å²) in [6.45, 7) is -0.328. The number of amides is 1. The Morgan fingerprint density at radius 2 is 2.11 bits per heavy atom. The highest BCUT2D eigenvalue weighted by Crippen LogP contribution is 2.26. The molecule has 0 aliphatic heterocycles. The van der Waals surface area contributed by atoms with E-state index in [-0.39, 0.29) is 13.0 Å². The van der Waals surface area contributed by atoms with Crippen molar-refractivity contribution in [2.75, 3.05) is 6.54 Å². The van der Waals surface area contributed by atoms with Gasteiger partial charge in [-0.1, -0.05) is 6.07 Å². The summed E-state index contributed by atoms with van der Waals surface area (Å²) in [5.74, 6) is -2.00. The summed E-state index contributed by atoms with van der Waals surface area (Å²) in [6.07, 6.45) is -0.275. The molecule has 0 heterocycles. The number of nitrogens with one attached hydrogen (secondary N) is 1. The molecular weight excluding hydrogens is 281 g/mol. The molecule has 0 aromatic heterocycles. The van der Waals surface area contributed by atoms with Crippen molar-refractivity contribution in [3.05, 3.63) is 34.1 Å². The zero-order valence-electron chi connectivity index (χ0n) is 9.50. The van der Waals surface area contributed by atoms with Crippen LogP contribution in [0.2, 0.25) is 0 Å². The Bertz CT molecular complexity index is 616. The molecular formula is C9H10FN3O5S. The molecule has 3 N–H and O–H groups in total. The van der Waals surface area contributed by atoms with E-state index < -0.39 is 37.3 Å². The predicted molar refractivity (Wildman–Crippen MR) is 62.1 cm³/mol. The van der Waals surface area contributed by atoms with Crippen molar-refractivity contribution in [3.8, 4) is 0 Å². The van der Waals surface area contributed by atoms with Crippen molar-refractivity contribution >= 4 is 21.6 Å². The van der Waals surface area contributed by atoms with Crippen molar-refractivity contribution in [2.45, 2.75) is 11.3 Å². The molecule has 19 heavy (non-hydrogen) atoms. The normalized spacial score (nSPS) is 11.2. The van der Waals surface area contributed by atoms with Crippen LogP contribution in [0, 0.1) is 15.9 Å². The van der Waals surface area contributed by atoms with E-state index in [2.05, 4.69) is 0 Å². The van der Waals surface area contributed by atoms with Gasteiger partial charge in [-0.15, -0.1) is 0 Å². The summed E-state index contributed by atoms with van der Waals surface area (Å²) >= 11 is 0. The van der Waals surface area contributed by atoms with Crippen LogP contribution in [0.25, 0.3) is 0 Å². The van der Waals surface area contributed by atoms with E-state index in [1.807, 2.05) is 4.72 Å². The number of carbonyl (C=O) groups excluding carboxylic acids is 1. The van der Waals surface area contributed by atoms with Gasteiger partial charge in [0, 0.05) is 13.0 Å². The minimum absolute atomic E-state index is 0.275. The third-order valence-corrected chi connectivity index (χ3v) is 3.58. The number of primary amides is 1. The molecule has 0 saturated heterocycles. The van der Waals surface area contributed by atoms with E-state index >= 15 is 0 Å². The fraction of sp³-hybridized carbons (Fsp3) is 0.222. The maximum Gasteiger partial charge on any atom is 0.324 e. The van der Waals surface area contributed by atoms with Crippen LogP contribution in [0.1, 0.15) is 6.42 Å². The highest BCUT2D eigenvalue weighted by molar-refractivity contribution is 7.89. The largest absolute Gasteiger partial charge is 0.370 e. The number of rotatable bonds is 6. The molecule has 1 aromatic rings. The standard InChI is InChI=1S/C9H10FN3O5S/c10-6-2-1-3-7(9(6)13(15)16)19(17,18)12-5-4-8(11)14/h1-3,12H,4-5H2,(H2,11,14). The second-order valence-corrected chi connectivity index (χ2v) is 5.19. The second kappa shape index (κ2) is 5.71. The lowest BCUT2D eigenvalue weighted by molar-refractivity contribution is -0.390. The first-order valence-corrected chi connectivity index (χ1v) is 6.45. The van der Waals surface area contributed by atoms with Gasteiger partial charge in [-0.05, 0) is 12.1 Å². The van der Waals surface area contributed by atoms with E-state index in [0.717, 1.165) is 18.2 Å². The minimum Gasteiger partial charge on any atom is -0.370 e. The average molecular weight is 291 g/mol. The van der Waals surface area contributed by atoms with Crippen LogP contribution >= 0.6 is 0 Å². The summed E-state index contributed by atoms with van der Waals surface area (Å²) in [6, 6.07) is 2.71. The molecule has 1 aromatic carbocycles. The highest BCUT2D eigenvalue weighted by Gasteiger charge is 2.29. The van der Waals surface area contributed by atoms with Gasteiger partial charge in [0.1, 0.15) is 0 Å². The third kappa shape index (κ3) is 3.69. The van der Waals surface area contributed by atoms with Crippen LogP contribution in [0.4, 0.5) is 10.1 Å². The fourth-order valence-corrected chi connectivity index (χ4v) is 2.49. The lowest BCUT2D eigenvalue weighted by atomic mass is 10.3. The zero-order valence-corrected chi connectivity index (χ0v) is 10.3. The van der Waals surface area contributed by atoms with Gasteiger partial charge in [-0.25, -0.2) is 13.1 Å². The number of halogens is 1. The number of nitrogens with two attached hydrogens (primary N) is 1. The van der Waals surface area contributed by atoms with E-state index in [1.54, 1.807) is 0 Å². The van der Waals surface area contributed by atoms with E-state index in [0.29, 0.717) is 0 Å². The average Bonchev–Trinajstić information content (AvgIpc) is 2.27. The fourth-order valence-electron chi connectivity index (χ4n) is 1.28. The van der Waals surface area contributed by atoms with Gasteiger partial charge in [0.25, 0.3) is 0 Å². The molecule has 8 nitrogen and oxygen atoms in total. The van der Waals surface area contributed by atoms with Gasteiger partial charge in [-0.2, -0.15) is 4.39 Å². The summed E-state index contributed by atoms with van der Waals surface area (Å²) < 4.78 is 38.7. The molecule has 104 valence electrons. The molecule has 1 rings (SSSR count). The van der Waals surface area contributed by atoms with E-state index in [4.69, 9.17) is 5.73 Å². The quantitative estimate of drug-likeness (QED) is 0.557. The summed E-state index contributed by atoms with van der Waals surface area (Å²) in [4.78, 5) is 19.2. The van der Waals surface area contributed by atoms with Crippen molar-refractivity contribution in [2.24, 2.45) is 5.73 Å². The van der Waals surface area contributed by atoms with Crippen molar-refractivity contribution < 1.29 is 22.5 Å². The lowest BCUT2D eigenvalue weighted by Crippen LogP contribution is -2.28. The van der Waals surface area contributed by atoms with Gasteiger partial charge in [-0.3, -0.25) is 14.9 Å². The van der Waals surface area contributed by atoms with Crippen LogP contribution < -0.4 is 10.5 Å². The third-order valence-electron chi connectivity index (χ3n) is 2.09. The SMILES string of the molecule is NC(=O)CCNS(=O)(=O)c1cccc(F)c1[N+](=O)[O-]. The van der Waals surface area contributed by atoms with E-state index in [9.17, 15) is 27.7 Å². The first-order chi connectivity index (χ1) is 8.75. The van der Waals surface area contributed by atoms with Crippen LogP contribution in [0.5, 0.6) is 0 Å². The highest BCUT2D eigenvalue weighted by atomic mass is 32.2. The Morgan fingerprint density at radius 1 is 1.47 bits per heavy atom. The minimum atomic E-state index is -4.29. The topological polar surface area (TPSA) is 132 Å². The lowest BCUT2D eigenvalue weighted by Gasteiger charge is -2.06. The molecule has 0 spiro atoms. The number of para-hydroxylation sites is 1. The van der Waals surface area contributed by atoms with Gasteiger partial charge < -0.3 is 5.73 Å². The number of hydrogen-bond donors (Lipinski definition) is 2. The summed E-state index contributed by atoms with van der Waals surface area (Å²) in [7, 11) is -4.29. The number of nitrogens with zero attached hydrogens (tertiary/aromatic N) is 1. The van der Waals surface area contributed by atoms with E-state index in [1.165, 1.54) is 0 Å². The molecule has 0 unspecified atom stereocenters. The van der Waals surface area contributed by atoms with Crippen LogP contribution in [-0.2, 0) is 14.8 Å². The van der Waals surface area contributed by atoms with Gasteiger partial charge in [0.05, 0.1) is 4.92 Å². The first kappa shape index (κ1) is 15.0. The number of sulfonamides is 1. The smallest absolute Gasteiger partial charge is 0.324 e. The molecule has 0 aliphatic rings.